The second kappa shape index (κ2) is 8.75. The van der Waals surface area contributed by atoms with Crippen LogP contribution in [0.2, 0.25) is 0 Å². The Morgan fingerprint density at radius 2 is 2.12 bits per heavy atom. The van der Waals surface area contributed by atoms with Crippen LogP contribution in [0.3, 0.4) is 0 Å². The van der Waals surface area contributed by atoms with Crippen molar-refractivity contribution in [1.82, 2.24) is 5.32 Å². The number of rotatable bonds is 4. The lowest BCUT2D eigenvalue weighted by Gasteiger charge is -2.24. The fourth-order valence-corrected chi connectivity index (χ4v) is 3.03. The molecular weight excluding hydrogens is 358 g/mol. The standard InChI is InChI=1S/C17H17N3O5S/c1-23-14(21)9-13-15(22)19-17(26-13)20-18-10-11-5-2-3-6-12(11)16-24-7-4-8-25-16/h2-3,5-6,9-10,16H,4,7-8H2,1H3,(H,19,20,22)/b13-9+,18-10?. The third-order valence-corrected chi connectivity index (χ3v) is 4.42. The molecule has 1 aromatic carbocycles. The van der Waals surface area contributed by atoms with Crippen LogP contribution in [-0.4, -0.2) is 43.6 Å². The highest BCUT2D eigenvalue weighted by Gasteiger charge is 2.25. The summed E-state index contributed by atoms with van der Waals surface area (Å²) in [6, 6.07) is 7.57. The molecule has 1 N–H and O–H groups in total. The molecule has 0 saturated carbocycles. The molecule has 2 aliphatic heterocycles. The van der Waals surface area contributed by atoms with E-state index in [1.807, 2.05) is 24.3 Å². The van der Waals surface area contributed by atoms with Crippen LogP contribution in [0.4, 0.5) is 0 Å². The maximum Gasteiger partial charge on any atom is 0.331 e. The highest BCUT2D eigenvalue weighted by molar-refractivity contribution is 8.18. The minimum absolute atomic E-state index is 0.204. The van der Waals surface area contributed by atoms with E-state index in [1.54, 1.807) is 6.21 Å². The van der Waals surface area contributed by atoms with Gasteiger partial charge in [0.15, 0.2) is 11.5 Å². The molecule has 26 heavy (non-hydrogen) atoms. The average Bonchev–Trinajstić information content (AvgIpc) is 3.02. The van der Waals surface area contributed by atoms with Gasteiger partial charge in [0.25, 0.3) is 5.91 Å². The summed E-state index contributed by atoms with van der Waals surface area (Å²) in [5.74, 6) is -1.02. The molecule has 0 aliphatic carbocycles. The van der Waals surface area contributed by atoms with E-state index in [-0.39, 0.29) is 10.1 Å². The van der Waals surface area contributed by atoms with Crippen molar-refractivity contribution in [2.75, 3.05) is 20.3 Å². The predicted octanol–water partition coefficient (Wildman–Crippen LogP) is 1.73. The Labute approximate surface area is 154 Å². The molecule has 8 nitrogen and oxygen atoms in total. The van der Waals surface area contributed by atoms with Crippen LogP contribution < -0.4 is 5.32 Å². The minimum Gasteiger partial charge on any atom is -0.466 e. The van der Waals surface area contributed by atoms with Gasteiger partial charge in [0.05, 0.1) is 31.4 Å². The number of benzene rings is 1. The Morgan fingerprint density at radius 1 is 1.35 bits per heavy atom. The van der Waals surface area contributed by atoms with Crippen molar-refractivity contribution in [2.45, 2.75) is 12.7 Å². The Hall–Kier alpha value is -2.49. The molecule has 3 rings (SSSR count). The number of nitrogens with one attached hydrogen (secondary N) is 1. The monoisotopic (exact) mass is 375 g/mol. The van der Waals surface area contributed by atoms with Gasteiger partial charge in [-0.15, -0.1) is 5.10 Å². The third-order valence-electron chi connectivity index (χ3n) is 3.52. The van der Waals surface area contributed by atoms with Gasteiger partial charge in [-0.25, -0.2) is 4.79 Å². The topological polar surface area (TPSA) is 98.6 Å². The fourth-order valence-electron chi connectivity index (χ4n) is 2.30. The molecule has 0 radical (unpaired) electrons. The van der Waals surface area contributed by atoms with E-state index in [4.69, 9.17) is 9.47 Å². The van der Waals surface area contributed by atoms with Gasteiger partial charge in [-0.05, 0) is 18.2 Å². The predicted molar refractivity (Wildman–Crippen MR) is 96.6 cm³/mol. The Bertz CT molecular complexity index is 784. The summed E-state index contributed by atoms with van der Waals surface area (Å²) in [7, 11) is 1.24. The van der Waals surface area contributed by atoms with Gasteiger partial charge >= 0.3 is 5.97 Å². The summed E-state index contributed by atoms with van der Waals surface area (Å²) < 4.78 is 15.8. The van der Waals surface area contributed by atoms with Crippen molar-refractivity contribution in [3.63, 3.8) is 0 Å². The first kappa shape index (κ1) is 18.3. The summed E-state index contributed by atoms with van der Waals surface area (Å²) in [4.78, 5) is 23.2. The number of ether oxygens (including phenoxy) is 3. The van der Waals surface area contributed by atoms with Crippen LogP contribution in [0.15, 0.2) is 45.4 Å². The van der Waals surface area contributed by atoms with Crippen LogP contribution in [0, 0.1) is 0 Å². The number of amidine groups is 1. The molecule has 1 amide bonds. The van der Waals surface area contributed by atoms with Crippen LogP contribution in [0.25, 0.3) is 0 Å². The lowest BCUT2D eigenvalue weighted by molar-refractivity contribution is -0.183. The van der Waals surface area contributed by atoms with Gasteiger partial charge in [-0.1, -0.05) is 24.3 Å². The molecule has 0 atom stereocenters. The minimum atomic E-state index is -0.603. The molecule has 0 unspecified atom stereocenters. The summed E-state index contributed by atoms with van der Waals surface area (Å²) in [5.41, 5.74) is 1.67. The first-order valence-electron chi connectivity index (χ1n) is 7.89. The van der Waals surface area contributed by atoms with E-state index in [0.717, 1.165) is 35.4 Å². The molecule has 1 aromatic rings. The second-order valence-corrected chi connectivity index (χ2v) is 6.32. The first-order valence-corrected chi connectivity index (χ1v) is 8.71. The van der Waals surface area contributed by atoms with E-state index in [0.29, 0.717) is 13.2 Å². The van der Waals surface area contributed by atoms with Crippen molar-refractivity contribution in [2.24, 2.45) is 10.2 Å². The summed E-state index contributed by atoms with van der Waals surface area (Å²) in [6.45, 7) is 1.30. The zero-order chi connectivity index (χ0) is 18.4. The van der Waals surface area contributed by atoms with Gasteiger partial charge in [0, 0.05) is 17.2 Å². The quantitative estimate of drug-likeness (QED) is 0.372. The van der Waals surface area contributed by atoms with Gasteiger partial charge in [0.2, 0.25) is 0 Å². The molecule has 2 fully saturated rings. The van der Waals surface area contributed by atoms with Crippen LogP contribution in [-0.2, 0) is 23.8 Å². The van der Waals surface area contributed by atoms with Crippen molar-refractivity contribution in [1.29, 1.82) is 0 Å². The molecule has 0 bridgehead atoms. The Balaban J connectivity index is 1.71. The molecule has 0 aromatic heterocycles. The SMILES string of the molecule is COC(=O)/C=C1/S/C(=N\N=Cc2ccccc2C2OCCCO2)NC1=O. The average molecular weight is 375 g/mol. The maximum atomic E-state index is 11.8. The molecule has 2 saturated heterocycles. The summed E-state index contributed by atoms with van der Waals surface area (Å²) >= 11 is 1.02. The first-order chi connectivity index (χ1) is 12.7. The third kappa shape index (κ3) is 4.57. The molecule has 2 heterocycles. The van der Waals surface area contributed by atoms with Crippen LogP contribution in [0.1, 0.15) is 23.8 Å². The molecule has 0 spiro atoms. The highest BCUT2D eigenvalue weighted by atomic mass is 32.2. The summed E-state index contributed by atoms with van der Waals surface area (Å²) in [6.07, 6.45) is 3.13. The number of thioether (sulfide) groups is 1. The largest absolute Gasteiger partial charge is 0.466 e. The maximum absolute atomic E-state index is 11.8. The fraction of sp³-hybridized carbons (Fsp3) is 0.294. The zero-order valence-electron chi connectivity index (χ0n) is 14.0. The Kier molecular flexibility index (Phi) is 6.16. The number of carbonyl (C=O) groups is 2. The molecule has 2 aliphatic rings. The van der Waals surface area contributed by atoms with E-state index < -0.39 is 18.2 Å². The Morgan fingerprint density at radius 3 is 2.88 bits per heavy atom. The number of methoxy groups -OCH3 is 1. The lowest BCUT2D eigenvalue weighted by Crippen LogP contribution is -2.19. The second-order valence-electron chi connectivity index (χ2n) is 5.29. The van der Waals surface area contributed by atoms with Crippen molar-refractivity contribution in [3.05, 3.63) is 46.4 Å². The molecule has 136 valence electrons. The van der Waals surface area contributed by atoms with Crippen molar-refractivity contribution >= 4 is 35.0 Å². The van der Waals surface area contributed by atoms with Crippen LogP contribution >= 0.6 is 11.8 Å². The normalized spacial score (nSPS) is 21.5. The number of hydrogen-bond acceptors (Lipinski definition) is 8. The van der Waals surface area contributed by atoms with E-state index in [9.17, 15) is 9.59 Å². The smallest absolute Gasteiger partial charge is 0.331 e. The molecular formula is C17H17N3O5S. The van der Waals surface area contributed by atoms with Gasteiger partial charge in [-0.3, -0.25) is 10.1 Å². The van der Waals surface area contributed by atoms with E-state index >= 15 is 0 Å². The van der Waals surface area contributed by atoms with Crippen molar-refractivity contribution < 1.29 is 23.8 Å². The highest BCUT2D eigenvalue weighted by Crippen LogP contribution is 2.26. The zero-order valence-corrected chi connectivity index (χ0v) is 14.8. The number of hydrogen-bond donors (Lipinski definition) is 1. The van der Waals surface area contributed by atoms with Gasteiger partial charge < -0.3 is 14.2 Å². The van der Waals surface area contributed by atoms with Gasteiger partial charge in [0.1, 0.15) is 0 Å². The lowest BCUT2D eigenvalue weighted by atomic mass is 10.1. The van der Waals surface area contributed by atoms with Gasteiger partial charge in [-0.2, -0.15) is 5.10 Å². The molecule has 9 heteroatoms. The van der Waals surface area contributed by atoms with E-state index in [1.165, 1.54) is 7.11 Å². The van der Waals surface area contributed by atoms with E-state index in [2.05, 4.69) is 20.3 Å². The summed E-state index contributed by atoms with van der Waals surface area (Å²) in [5, 5.41) is 10.8. The van der Waals surface area contributed by atoms with Crippen molar-refractivity contribution in [3.8, 4) is 0 Å². The number of nitrogens with zero attached hydrogens (tertiary/aromatic N) is 2. The van der Waals surface area contributed by atoms with Crippen LogP contribution in [0.5, 0.6) is 0 Å². The number of carbonyl (C=O) groups excluding carboxylic acids is 2. The number of esters is 1. The number of amides is 1.